The van der Waals surface area contributed by atoms with Crippen LogP contribution in [0.5, 0.6) is 5.88 Å². The normalized spacial score (nSPS) is 15.7. The summed E-state index contributed by atoms with van der Waals surface area (Å²) in [4.78, 5) is 12.5. The summed E-state index contributed by atoms with van der Waals surface area (Å²) in [5.74, 6) is 0.419. The first-order chi connectivity index (χ1) is 11.2. The van der Waals surface area contributed by atoms with Crippen LogP contribution in [-0.2, 0) is 11.2 Å². The largest absolute Gasteiger partial charge is 0.472 e. The van der Waals surface area contributed by atoms with Gasteiger partial charge in [0.15, 0.2) is 0 Å². The van der Waals surface area contributed by atoms with Crippen LogP contribution in [0.25, 0.3) is 0 Å². The van der Waals surface area contributed by atoms with Crippen LogP contribution in [0.4, 0.5) is 0 Å². The number of nitrogens with one attached hydrogen (secondary N) is 2. The number of hydrogen-bond acceptors (Lipinski definition) is 6. The highest BCUT2D eigenvalue weighted by Crippen LogP contribution is 2.28. The molecule has 0 aliphatic carbocycles. The lowest BCUT2D eigenvalue weighted by atomic mass is 9.75. The van der Waals surface area contributed by atoms with Crippen molar-refractivity contribution in [3.8, 4) is 5.88 Å². The van der Waals surface area contributed by atoms with Crippen LogP contribution >= 0.6 is 0 Å². The van der Waals surface area contributed by atoms with E-state index in [1.807, 2.05) is 18.2 Å². The summed E-state index contributed by atoms with van der Waals surface area (Å²) in [7, 11) is 0. The minimum absolute atomic E-state index is 0.0544. The zero-order valence-corrected chi connectivity index (χ0v) is 13.0. The van der Waals surface area contributed by atoms with Crippen LogP contribution in [0, 0.1) is 12.3 Å². The van der Waals surface area contributed by atoms with Crippen molar-refractivity contribution < 1.29 is 14.2 Å². The molecule has 1 aromatic carbocycles. The van der Waals surface area contributed by atoms with Gasteiger partial charge in [-0.25, -0.2) is 4.63 Å². The standard InChI is InChI=1S/C16H20N4O3/c1-12-14(20-23-19-12)22-8-7-18-15(21)16(10-17-11-16)9-13-5-3-2-4-6-13/h2-6,17H,7-11H2,1H3,(H,18,21). The number of rotatable bonds is 7. The third-order valence-corrected chi connectivity index (χ3v) is 4.03. The molecule has 0 spiro atoms. The Kier molecular flexibility index (Phi) is 4.57. The summed E-state index contributed by atoms with van der Waals surface area (Å²) < 4.78 is 9.96. The number of benzene rings is 1. The fourth-order valence-corrected chi connectivity index (χ4v) is 2.63. The quantitative estimate of drug-likeness (QED) is 0.731. The number of aryl methyl sites for hydroxylation is 1. The molecule has 7 nitrogen and oxygen atoms in total. The van der Waals surface area contributed by atoms with Crippen LogP contribution in [0.15, 0.2) is 35.0 Å². The fourth-order valence-electron chi connectivity index (χ4n) is 2.63. The lowest BCUT2D eigenvalue weighted by molar-refractivity contribution is -0.134. The minimum Gasteiger partial charge on any atom is -0.472 e. The van der Waals surface area contributed by atoms with Gasteiger partial charge in [-0.1, -0.05) is 35.5 Å². The van der Waals surface area contributed by atoms with Gasteiger partial charge in [-0.05, 0) is 24.1 Å². The van der Waals surface area contributed by atoms with Crippen molar-refractivity contribution >= 4 is 5.91 Å². The molecule has 2 N–H and O–H groups in total. The summed E-state index contributed by atoms with van der Waals surface area (Å²) >= 11 is 0. The number of carbonyl (C=O) groups is 1. The maximum absolute atomic E-state index is 12.5. The Balaban J connectivity index is 1.49. The highest BCUT2D eigenvalue weighted by molar-refractivity contribution is 5.84. The molecule has 23 heavy (non-hydrogen) atoms. The number of carbonyl (C=O) groups excluding carboxylic acids is 1. The van der Waals surface area contributed by atoms with E-state index in [1.165, 1.54) is 5.56 Å². The zero-order valence-electron chi connectivity index (χ0n) is 13.0. The molecule has 0 unspecified atom stereocenters. The van der Waals surface area contributed by atoms with Gasteiger partial charge in [-0.2, -0.15) is 0 Å². The smallest absolute Gasteiger partial charge is 0.278 e. The highest BCUT2D eigenvalue weighted by Gasteiger charge is 2.43. The van der Waals surface area contributed by atoms with Crippen LogP contribution in [0.1, 0.15) is 11.3 Å². The van der Waals surface area contributed by atoms with Crippen molar-refractivity contribution in [3.63, 3.8) is 0 Å². The summed E-state index contributed by atoms with van der Waals surface area (Å²) in [5, 5.41) is 13.4. The van der Waals surface area contributed by atoms with Gasteiger partial charge in [0, 0.05) is 13.1 Å². The number of ether oxygens (including phenoxy) is 1. The van der Waals surface area contributed by atoms with Crippen molar-refractivity contribution in [2.45, 2.75) is 13.3 Å². The molecule has 1 aromatic heterocycles. The molecule has 1 amide bonds. The van der Waals surface area contributed by atoms with Crippen LogP contribution < -0.4 is 15.4 Å². The van der Waals surface area contributed by atoms with Gasteiger partial charge in [0.25, 0.3) is 5.88 Å². The second kappa shape index (κ2) is 6.78. The second-order valence-corrected chi connectivity index (χ2v) is 5.81. The zero-order chi connectivity index (χ0) is 16.1. The molecule has 0 atom stereocenters. The molecule has 3 rings (SSSR count). The first kappa shape index (κ1) is 15.5. The average Bonchev–Trinajstić information content (AvgIpc) is 2.93. The molecular formula is C16H20N4O3. The van der Waals surface area contributed by atoms with Crippen molar-refractivity contribution in [2.75, 3.05) is 26.2 Å². The summed E-state index contributed by atoms with van der Waals surface area (Å²) in [5.41, 5.74) is 1.40. The SMILES string of the molecule is Cc1nonc1OCCNC(=O)C1(Cc2ccccc2)CNC1. The first-order valence-electron chi connectivity index (χ1n) is 7.64. The van der Waals surface area contributed by atoms with Crippen molar-refractivity contribution in [2.24, 2.45) is 5.41 Å². The van der Waals surface area contributed by atoms with Gasteiger partial charge in [-0.15, -0.1) is 0 Å². The van der Waals surface area contributed by atoms with Crippen molar-refractivity contribution in [1.29, 1.82) is 0 Å². The predicted molar refractivity (Wildman–Crippen MR) is 83.0 cm³/mol. The van der Waals surface area contributed by atoms with E-state index in [2.05, 4.69) is 37.7 Å². The topological polar surface area (TPSA) is 89.3 Å². The lowest BCUT2D eigenvalue weighted by Crippen LogP contribution is -2.62. The van der Waals surface area contributed by atoms with E-state index in [4.69, 9.17) is 4.74 Å². The molecule has 1 aliphatic heterocycles. The minimum atomic E-state index is -0.368. The van der Waals surface area contributed by atoms with E-state index in [9.17, 15) is 4.79 Å². The molecule has 2 heterocycles. The summed E-state index contributed by atoms with van der Waals surface area (Å²) in [6.45, 7) is 3.89. The van der Waals surface area contributed by atoms with E-state index in [0.717, 1.165) is 6.42 Å². The maximum Gasteiger partial charge on any atom is 0.278 e. The van der Waals surface area contributed by atoms with Gasteiger partial charge < -0.3 is 15.4 Å². The highest BCUT2D eigenvalue weighted by atomic mass is 16.6. The Hall–Kier alpha value is -2.41. The molecule has 122 valence electrons. The van der Waals surface area contributed by atoms with Crippen LogP contribution in [0.2, 0.25) is 0 Å². The third kappa shape index (κ3) is 3.50. The van der Waals surface area contributed by atoms with E-state index in [-0.39, 0.29) is 11.3 Å². The van der Waals surface area contributed by atoms with E-state index in [0.29, 0.717) is 37.8 Å². The Morgan fingerprint density at radius 3 is 2.74 bits per heavy atom. The third-order valence-electron chi connectivity index (χ3n) is 4.03. The predicted octanol–water partition coefficient (Wildman–Crippen LogP) is 0.705. The molecule has 1 fully saturated rings. The van der Waals surface area contributed by atoms with Crippen LogP contribution in [0.3, 0.4) is 0 Å². The second-order valence-electron chi connectivity index (χ2n) is 5.81. The molecule has 1 aliphatic rings. The summed E-state index contributed by atoms with van der Waals surface area (Å²) in [6.07, 6.45) is 0.736. The number of amides is 1. The Labute approximate surface area is 134 Å². The van der Waals surface area contributed by atoms with Gasteiger partial charge >= 0.3 is 0 Å². The number of hydrogen-bond donors (Lipinski definition) is 2. The Morgan fingerprint density at radius 1 is 1.35 bits per heavy atom. The molecule has 0 saturated carbocycles. The van der Waals surface area contributed by atoms with E-state index >= 15 is 0 Å². The fraction of sp³-hybridized carbons (Fsp3) is 0.438. The van der Waals surface area contributed by atoms with E-state index in [1.54, 1.807) is 6.92 Å². The number of aromatic nitrogens is 2. The Morgan fingerprint density at radius 2 is 2.13 bits per heavy atom. The van der Waals surface area contributed by atoms with Gasteiger partial charge in [-0.3, -0.25) is 4.79 Å². The van der Waals surface area contributed by atoms with Gasteiger partial charge in [0.1, 0.15) is 12.3 Å². The Bertz CT molecular complexity index is 652. The van der Waals surface area contributed by atoms with Crippen LogP contribution in [-0.4, -0.2) is 42.5 Å². The maximum atomic E-state index is 12.5. The summed E-state index contributed by atoms with van der Waals surface area (Å²) in [6, 6.07) is 10.1. The molecule has 1 saturated heterocycles. The molecule has 0 bridgehead atoms. The van der Waals surface area contributed by atoms with Gasteiger partial charge in [0.2, 0.25) is 5.91 Å². The molecule has 0 radical (unpaired) electrons. The van der Waals surface area contributed by atoms with Gasteiger partial charge in [0.05, 0.1) is 12.0 Å². The lowest BCUT2D eigenvalue weighted by Gasteiger charge is -2.41. The van der Waals surface area contributed by atoms with Crippen molar-refractivity contribution in [1.82, 2.24) is 20.9 Å². The average molecular weight is 316 g/mol. The molecular weight excluding hydrogens is 296 g/mol. The first-order valence-corrected chi connectivity index (χ1v) is 7.64. The monoisotopic (exact) mass is 316 g/mol. The molecule has 7 heteroatoms. The van der Waals surface area contributed by atoms with Crippen molar-refractivity contribution in [3.05, 3.63) is 41.6 Å². The molecule has 2 aromatic rings. The number of nitrogens with zero attached hydrogens (tertiary/aromatic N) is 2. The van der Waals surface area contributed by atoms with E-state index < -0.39 is 0 Å².